The van der Waals surface area contributed by atoms with E-state index in [1.165, 1.54) is 0 Å². The molecule has 0 N–H and O–H groups in total. The minimum Gasteiger partial charge on any atom is -0.375 e. The van der Waals surface area contributed by atoms with Gasteiger partial charge in [0.1, 0.15) is 12.4 Å². The molecule has 0 aliphatic rings. The zero-order chi connectivity index (χ0) is 12.8. The molecule has 0 fully saturated rings. The van der Waals surface area contributed by atoms with Crippen LogP contribution in [0.1, 0.15) is 26.2 Å². The van der Waals surface area contributed by atoms with Crippen LogP contribution in [0.2, 0.25) is 0 Å². The number of hydrogen-bond acceptors (Lipinski definition) is 2. The van der Waals surface area contributed by atoms with E-state index < -0.39 is 18.7 Å². The van der Waals surface area contributed by atoms with Crippen molar-refractivity contribution in [1.82, 2.24) is 0 Å². The highest BCUT2D eigenvalue weighted by Crippen LogP contribution is 2.35. The van der Waals surface area contributed by atoms with Crippen LogP contribution in [0, 0.1) is 0 Å². The third kappa shape index (κ3) is 5.39. The predicted molar refractivity (Wildman–Crippen MR) is 46.4 cm³/mol. The maximum Gasteiger partial charge on any atom is 0.455 e. The summed E-state index contributed by atoms with van der Waals surface area (Å²) in [6, 6.07) is 0. The fourth-order valence-electron chi connectivity index (χ4n) is 0.830. The third-order valence-corrected chi connectivity index (χ3v) is 1.84. The molecule has 0 aliphatic heterocycles. The van der Waals surface area contributed by atoms with Crippen molar-refractivity contribution < 1.29 is 31.5 Å². The molecule has 0 heterocycles. The Balaban J connectivity index is 3.71. The smallest absolute Gasteiger partial charge is 0.375 e. The molecule has 7 heteroatoms. The molecule has 0 bridgehead atoms. The van der Waals surface area contributed by atoms with Crippen molar-refractivity contribution in [1.29, 1.82) is 0 Å². The monoisotopic (exact) mass is 248 g/mol. The van der Waals surface area contributed by atoms with E-state index in [0.29, 0.717) is 6.42 Å². The Kier molecular flexibility index (Phi) is 5.85. The highest BCUT2D eigenvalue weighted by atomic mass is 19.4. The second-order valence-electron chi connectivity index (χ2n) is 3.25. The van der Waals surface area contributed by atoms with E-state index in [2.05, 4.69) is 4.74 Å². The molecule has 0 amide bonds. The number of carbonyl (C=O) groups excluding carboxylic acids is 1. The molecular weight excluding hydrogens is 235 g/mol. The minimum atomic E-state index is -5.59. The topological polar surface area (TPSA) is 26.3 Å². The molecule has 0 saturated carbocycles. The number of alkyl halides is 5. The number of hydrogen-bond donors (Lipinski definition) is 0. The Labute approximate surface area is 89.8 Å². The van der Waals surface area contributed by atoms with E-state index in [1.807, 2.05) is 0 Å². The van der Waals surface area contributed by atoms with Gasteiger partial charge in [-0.15, -0.1) is 0 Å². The van der Waals surface area contributed by atoms with Crippen molar-refractivity contribution in [3.63, 3.8) is 0 Å². The van der Waals surface area contributed by atoms with Gasteiger partial charge in [-0.2, -0.15) is 22.0 Å². The molecule has 0 aliphatic carbocycles. The largest absolute Gasteiger partial charge is 0.455 e. The van der Waals surface area contributed by atoms with Gasteiger partial charge in [0.25, 0.3) is 0 Å². The molecular formula is C9H13F5O2. The first-order chi connectivity index (χ1) is 7.20. The fraction of sp³-hybridized carbons (Fsp3) is 0.889. The van der Waals surface area contributed by atoms with Crippen molar-refractivity contribution in [3.05, 3.63) is 0 Å². The zero-order valence-corrected chi connectivity index (χ0v) is 8.74. The van der Waals surface area contributed by atoms with E-state index in [0.717, 1.165) is 0 Å². The van der Waals surface area contributed by atoms with Crippen LogP contribution in [0.4, 0.5) is 22.0 Å². The summed E-state index contributed by atoms with van der Waals surface area (Å²) in [6.07, 6.45) is -4.99. The zero-order valence-electron chi connectivity index (χ0n) is 8.74. The molecule has 16 heavy (non-hydrogen) atoms. The van der Waals surface area contributed by atoms with Gasteiger partial charge in [-0.05, 0) is 6.42 Å². The van der Waals surface area contributed by atoms with Crippen molar-refractivity contribution in [2.45, 2.75) is 38.3 Å². The molecule has 0 saturated heterocycles. The summed E-state index contributed by atoms with van der Waals surface area (Å²) in [5, 5.41) is 0. The highest BCUT2D eigenvalue weighted by Gasteiger charge is 2.57. The Hall–Kier alpha value is -0.720. The Bertz CT molecular complexity index is 224. The van der Waals surface area contributed by atoms with E-state index in [4.69, 9.17) is 0 Å². The molecule has 0 aromatic rings. The van der Waals surface area contributed by atoms with Gasteiger partial charge in [-0.1, -0.05) is 6.92 Å². The van der Waals surface area contributed by atoms with Crippen LogP contribution in [0.3, 0.4) is 0 Å². The lowest BCUT2D eigenvalue weighted by atomic mass is 10.2. The first-order valence-corrected chi connectivity index (χ1v) is 4.74. The first kappa shape index (κ1) is 15.3. The third-order valence-electron chi connectivity index (χ3n) is 1.84. The van der Waals surface area contributed by atoms with Gasteiger partial charge >= 0.3 is 12.1 Å². The summed E-state index contributed by atoms with van der Waals surface area (Å²) in [5.74, 6) is -4.91. The summed E-state index contributed by atoms with van der Waals surface area (Å²) in [6.45, 7) is -0.338. The Morgan fingerprint density at radius 3 is 2.19 bits per heavy atom. The Morgan fingerprint density at radius 1 is 1.19 bits per heavy atom. The summed E-state index contributed by atoms with van der Waals surface area (Å²) in [7, 11) is 0. The molecule has 96 valence electrons. The molecule has 0 radical (unpaired) electrons. The van der Waals surface area contributed by atoms with Crippen LogP contribution >= 0.6 is 0 Å². The van der Waals surface area contributed by atoms with Gasteiger partial charge in [0, 0.05) is 19.4 Å². The fourth-order valence-corrected chi connectivity index (χ4v) is 0.830. The second-order valence-corrected chi connectivity index (χ2v) is 3.25. The van der Waals surface area contributed by atoms with Crippen LogP contribution in [0.5, 0.6) is 0 Å². The van der Waals surface area contributed by atoms with Crippen molar-refractivity contribution in [2.24, 2.45) is 0 Å². The Morgan fingerprint density at radius 2 is 1.75 bits per heavy atom. The predicted octanol–water partition coefficient (Wildman–Crippen LogP) is 2.96. The van der Waals surface area contributed by atoms with Crippen molar-refractivity contribution in [3.8, 4) is 0 Å². The van der Waals surface area contributed by atoms with Crippen LogP contribution in [-0.2, 0) is 9.53 Å². The average molecular weight is 248 g/mol. The summed E-state index contributed by atoms with van der Waals surface area (Å²) >= 11 is 0. The lowest BCUT2D eigenvalue weighted by Gasteiger charge is -2.19. The normalized spacial score (nSPS) is 12.9. The van der Waals surface area contributed by atoms with Crippen molar-refractivity contribution >= 4 is 5.78 Å². The number of carbonyl (C=O) groups is 1. The molecule has 0 atom stereocenters. The first-order valence-electron chi connectivity index (χ1n) is 4.74. The van der Waals surface area contributed by atoms with Crippen LogP contribution in [-0.4, -0.2) is 31.1 Å². The van der Waals surface area contributed by atoms with Gasteiger partial charge in [-0.3, -0.25) is 4.79 Å². The van der Waals surface area contributed by atoms with Gasteiger partial charge in [0.15, 0.2) is 0 Å². The van der Waals surface area contributed by atoms with Crippen LogP contribution in [0.15, 0.2) is 0 Å². The molecule has 0 spiro atoms. The van der Waals surface area contributed by atoms with Crippen LogP contribution < -0.4 is 0 Å². The standard InChI is InChI=1S/C9H13F5O2/c1-2-7(15)4-3-5-16-6-8(10,11)9(12,13)14/h2-6H2,1H3. The minimum absolute atomic E-state index is 0.0776. The van der Waals surface area contributed by atoms with Gasteiger partial charge in [0.05, 0.1) is 0 Å². The number of halogens is 5. The SMILES string of the molecule is CCC(=O)CCCOCC(F)(F)C(F)(F)F. The van der Waals surface area contributed by atoms with Gasteiger partial charge in [-0.25, -0.2) is 0 Å². The molecule has 0 rings (SSSR count). The quantitative estimate of drug-likeness (QED) is 0.511. The maximum absolute atomic E-state index is 12.3. The second kappa shape index (κ2) is 6.12. The van der Waals surface area contributed by atoms with E-state index in [9.17, 15) is 26.7 Å². The van der Waals surface area contributed by atoms with Gasteiger partial charge in [0.2, 0.25) is 0 Å². The van der Waals surface area contributed by atoms with Crippen molar-refractivity contribution in [2.75, 3.05) is 13.2 Å². The lowest BCUT2D eigenvalue weighted by Crippen LogP contribution is -2.40. The summed E-state index contributed by atoms with van der Waals surface area (Å²) in [5.41, 5.74) is 0. The summed E-state index contributed by atoms with van der Waals surface area (Å²) < 4.78 is 63.7. The summed E-state index contributed by atoms with van der Waals surface area (Å²) in [4.78, 5) is 10.7. The molecule has 0 aromatic carbocycles. The maximum atomic E-state index is 12.3. The number of Topliss-reactive ketones (excluding diaryl/α,β-unsaturated/α-hetero) is 1. The number of ketones is 1. The average Bonchev–Trinajstić information content (AvgIpc) is 2.15. The van der Waals surface area contributed by atoms with E-state index in [1.54, 1.807) is 6.92 Å². The highest BCUT2D eigenvalue weighted by molar-refractivity contribution is 5.77. The van der Waals surface area contributed by atoms with E-state index >= 15 is 0 Å². The number of ether oxygens (including phenoxy) is 1. The van der Waals surface area contributed by atoms with Gasteiger partial charge < -0.3 is 4.74 Å². The van der Waals surface area contributed by atoms with E-state index in [-0.39, 0.29) is 25.2 Å². The lowest BCUT2D eigenvalue weighted by molar-refractivity contribution is -0.296. The molecule has 0 unspecified atom stereocenters. The number of rotatable bonds is 7. The van der Waals surface area contributed by atoms with Crippen LogP contribution in [0.25, 0.3) is 0 Å². The molecule has 0 aromatic heterocycles. The molecule has 2 nitrogen and oxygen atoms in total.